The Bertz CT molecular complexity index is 1020. The van der Waals surface area contributed by atoms with Gasteiger partial charge in [-0.15, -0.1) is 0 Å². The zero-order valence-electron chi connectivity index (χ0n) is 15.5. The zero-order chi connectivity index (χ0) is 20.6. The molecule has 29 heavy (non-hydrogen) atoms. The number of ether oxygens (including phenoxy) is 1. The maximum Gasteiger partial charge on any atom is 0.422 e. The van der Waals surface area contributed by atoms with Gasteiger partial charge in [0, 0.05) is 17.2 Å². The van der Waals surface area contributed by atoms with Gasteiger partial charge in [0.15, 0.2) is 6.61 Å². The van der Waals surface area contributed by atoms with Crippen LogP contribution in [0.1, 0.15) is 36.7 Å². The van der Waals surface area contributed by atoms with Gasteiger partial charge >= 0.3 is 6.18 Å². The molecule has 1 aromatic carbocycles. The minimum atomic E-state index is -4.40. The largest absolute Gasteiger partial charge is 0.483 e. The van der Waals surface area contributed by atoms with E-state index < -0.39 is 12.8 Å². The molecule has 0 aliphatic heterocycles. The van der Waals surface area contributed by atoms with Gasteiger partial charge in [0.25, 0.3) is 0 Å². The van der Waals surface area contributed by atoms with Crippen LogP contribution in [0.3, 0.4) is 0 Å². The molecule has 1 saturated carbocycles. The SMILES string of the molecule is C[C@@H](NC(=O)[C@@H]1C[C@H]1c1n[nH]c2ccccc12)c1ccc(OCC(F)(F)F)cn1. The number of rotatable bonds is 6. The standard InChI is InChI=1S/C20H19F3N4O2/c1-11(16-7-6-12(9-24-16)29-10-20(21,22)23)25-19(28)15-8-14(15)18-13-4-2-3-5-17(13)26-27-18/h2-7,9,11,14-15H,8,10H2,1H3,(H,25,28)(H,26,27)/t11-,14-,15-/m1/s1. The lowest BCUT2D eigenvalue weighted by Gasteiger charge is -2.14. The monoisotopic (exact) mass is 404 g/mol. The number of carbonyl (C=O) groups excluding carboxylic acids is 1. The van der Waals surface area contributed by atoms with Gasteiger partial charge in [0.2, 0.25) is 5.91 Å². The third-order valence-corrected chi connectivity index (χ3v) is 4.94. The quantitative estimate of drug-likeness (QED) is 0.654. The second kappa shape index (κ2) is 7.38. The number of benzene rings is 1. The Morgan fingerprint density at radius 3 is 2.83 bits per heavy atom. The van der Waals surface area contributed by atoms with Crippen LogP contribution >= 0.6 is 0 Å². The summed E-state index contributed by atoms with van der Waals surface area (Å²) in [5, 5.41) is 11.3. The second-order valence-electron chi connectivity index (χ2n) is 7.16. The number of carbonyl (C=O) groups is 1. The number of hydrogen-bond donors (Lipinski definition) is 2. The highest BCUT2D eigenvalue weighted by atomic mass is 19.4. The predicted octanol–water partition coefficient (Wildman–Crippen LogP) is 3.88. The number of hydrogen-bond acceptors (Lipinski definition) is 4. The van der Waals surface area contributed by atoms with Crippen LogP contribution in [0.15, 0.2) is 42.6 Å². The van der Waals surface area contributed by atoms with Crippen LogP contribution in [-0.4, -0.2) is 33.9 Å². The Morgan fingerprint density at radius 2 is 2.10 bits per heavy atom. The lowest BCUT2D eigenvalue weighted by molar-refractivity contribution is -0.153. The first-order chi connectivity index (χ1) is 13.8. The van der Waals surface area contributed by atoms with Crippen LogP contribution in [0, 0.1) is 5.92 Å². The summed E-state index contributed by atoms with van der Waals surface area (Å²) >= 11 is 0. The molecule has 152 valence electrons. The first-order valence-electron chi connectivity index (χ1n) is 9.21. The van der Waals surface area contributed by atoms with E-state index in [2.05, 4.69) is 25.2 Å². The molecule has 4 rings (SSSR count). The minimum Gasteiger partial charge on any atom is -0.483 e. The van der Waals surface area contributed by atoms with E-state index in [-0.39, 0.29) is 29.5 Å². The van der Waals surface area contributed by atoms with Crippen molar-refractivity contribution in [1.29, 1.82) is 0 Å². The summed E-state index contributed by atoms with van der Waals surface area (Å²) in [5.74, 6) is -0.144. The smallest absolute Gasteiger partial charge is 0.422 e. The van der Waals surface area contributed by atoms with Crippen molar-refractivity contribution in [2.24, 2.45) is 5.92 Å². The molecular formula is C20H19F3N4O2. The Balaban J connectivity index is 1.34. The highest BCUT2D eigenvalue weighted by Crippen LogP contribution is 2.48. The first kappa shape index (κ1) is 19.2. The summed E-state index contributed by atoms with van der Waals surface area (Å²) in [6.45, 7) is 0.406. The summed E-state index contributed by atoms with van der Waals surface area (Å²) in [7, 11) is 0. The molecule has 1 aliphatic carbocycles. The van der Waals surface area contributed by atoms with Crippen molar-refractivity contribution in [1.82, 2.24) is 20.5 Å². The van der Waals surface area contributed by atoms with Gasteiger partial charge in [-0.3, -0.25) is 14.9 Å². The van der Waals surface area contributed by atoms with E-state index in [0.29, 0.717) is 5.69 Å². The van der Waals surface area contributed by atoms with Crippen LogP contribution in [0.2, 0.25) is 0 Å². The van der Waals surface area contributed by atoms with E-state index in [1.165, 1.54) is 12.3 Å². The molecule has 3 atom stereocenters. The molecule has 2 N–H and O–H groups in total. The lowest BCUT2D eigenvalue weighted by Crippen LogP contribution is -2.29. The summed E-state index contributed by atoms with van der Waals surface area (Å²) < 4.78 is 41.2. The number of aromatic amines is 1. The second-order valence-corrected chi connectivity index (χ2v) is 7.16. The predicted molar refractivity (Wildman–Crippen MR) is 99.3 cm³/mol. The number of halogens is 3. The fourth-order valence-corrected chi connectivity index (χ4v) is 3.35. The molecule has 9 heteroatoms. The van der Waals surface area contributed by atoms with Crippen LogP contribution in [0.4, 0.5) is 13.2 Å². The summed E-state index contributed by atoms with van der Waals surface area (Å²) in [4.78, 5) is 16.7. The molecule has 0 bridgehead atoms. The lowest BCUT2D eigenvalue weighted by atomic mass is 10.1. The summed E-state index contributed by atoms with van der Waals surface area (Å²) in [5.41, 5.74) is 2.39. The number of amides is 1. The van der Waals surface area contributed by atoms with E-state index in [9.17, 15) is 18.0 Å². The Morgan fingerprint density at radius 1 is 1.31 bits per heavy atom. The van der Waals surface area contributed by atoms with Gasteiger partial charge in [-0.05, 0) is 31.5 Å². The van der Waals surface area contributed by atoms with Crippen molar-refractivity contribution in [2.75, 3.05) is 6.61 Å². The average molecular weight is 404 g/mol. The van der Waals surface area contributed by atoms with Crippen molar-refractivity contribution < 1.29 is 22.7 Å². The number of alkyl halides is 3. The fraction of sp³-hybridized carbons (Fsp3) is 0.350. The third kappa shape index (κ3) is 4.33. The molecule has 0 spiro atoms. The normalized spacial score (nSPS) is 19.7. The Kier molecular flexibility index (Phi) is 4.89. The molecule has 0 saturated heterocycles. The van der Waals surface area contributed by atoms with Gasteiger partial charge < -0.3 is 10.1 Å². The van der Waals surface area contributed by atoms with Crippen LogP contribution in [-0.2, 0) is 4.79 Å². The topological polar surface area (TPSA) is 79.9 Å². The molecule has 6 nitrogen and oxygen atoms in total. The van der Waals surface area contributed by atoms with Crippen molar-refractivity contribution in [2.45, 2.75) is 31.5 Å². The molecule has 1 fully saturated rings. The molecule has 2 aromatic heterocycles. The number of pyridine rings is 1. The number of para-hydroxylation sites is 1. The van der Waals surface area contributed by atoms with Crippen LogP contribution in [0.5, 0.6) is 5.75 Å². The average Bonchev–Trinajstić information content (AvgIpc) is 3.38. The fourth-order valence-electron chi connectivity index (χ4n) is 3.35. The Labute approximate surface area is 164 Å². The number of nitrogens with zero attached hydrogens (tertiary/aromatic N) is 2. The maximum absolute atomic E-state index is 12.6. The van der Waals surface area contributed by atoms with Crippen molar-refractivity contribution in [3.63, 3.8) is 0 Å². The molecule has 2 heterocycles. The van der Waals surface area contributed by atoms with E-state index in [0.717, 1.165) is 23.0 Å². The van der Waals surface area contributed by atoms with Gasteiger partial charge in [-0.25, -0.2) is 0 Å². The first-order valence-corrected chi connectivity index (χ1v) is 9.21. The van der Waals surface area contributed by atoms with E-state index in [1.807, 2.05) is 24.3 Å². The van der Waals surface area contributed by atoms with E-state index in [4.69, 9.17) is 0 Å². The molecule has 3 aromatic rings. The van der Waals surface area contributed by atoms with Crippen molar-refractivity contribution in [3.05, 3.63) is 54.0 Å². The van der Waals surface area contributed by atoms with Crippen LogP contribution < -0.4 is 10.1 Å². The number of fused-ring (bicyclic) bond motifs is 1. The van der Waals surface area contributed by atoms with E-state index >= 15 is 0 Å². The third-order valence-electron chi connectivity index (χ3n) is 4.94. The van der Waals surface area contributed by atoms with Gasteiger partial charge in [-0.1, -0.05) is 18.2 Å². The zero-order valence-corrected chi connectivity index (χ0v) is 15.5. The van der Waals surface area contributed by atoms with Crippen molar-refractivity contribution >= 4 is 16.8 Å². The summed E-state index contributed by atoms with van der Waals surface area (Å²) in [6.07, 6.45) is -2.45. The van der Waals surface area contributed by atoms with Gasteiger partial charge in [-0.2, -0.15) is 18.3 Å². The molecule has 0 radical (unpaired) electrons. The number of aromatic nitrogens is 3. The minimum absolute atomic E-state index is 0.0252. The highest BCUT2D eigenvalue weighted by molar-refractivity contribution is 5.87. The van der Waals surface area contributed by atoms with Crippen molar-refractivity contribution in [3.8, 4) is 5.75 Å². The molecule has 0 unspecified atom stereocenters. The van der Waals surface area contributed by atoms with E-state index in [1.54, 1.807) is 13.0 Å². The van der Waals surface area contributed by atoms with Gasteiger partial charge in [0.05, 0.1) is 29.1 Å². The number of nitrogens with one attached hydrogen (secondary N) is 2. The van der Waals surface area contributed by atoms with Crippen LogP contribution in [0.25, 0.3) is 10.9 Å². The molecular weight excluding hydrogens is 385 g/mol. The number of H-pyrrole nitrogens is 1. The molecule has 1 aliphatic rings. The van der Waals surface area contributed by atoms with Gasteiger partial charge in [0.1, 0.15) is 5.75 Å². The molecule has 1 amide bonds. The summed E-state index contributed by atoms with van der Waals surface area (Å²) in [6, 6.07) is 10.4. The Hall–Kier alpha value is -3.10. The maximum atomic E-state index is 12.6. The highest BCUT2D eigenvalue weighted by Gasteiger charge is 2.46.